The number of hydrogen-bond donors (Lipinski definition) is 2. The van der Waals surface area contributed by atoms with Gasteiger partial charge >= 0.3 is 0 Å². The molecule has 0 saturated heterocycles. The van der Waals surface area contributed by atoms with Crippen LogP contribution in [0.3, 0.4) is 0 Å². The second-order valence-corrected chi connectivity index (χ2v) is 9.64. The third-order valence-electron chi connectivity index (χ3n) is 7.13. The maximum absolute atomic E-state index is 12.6. The van der Waals surface area contributed by atoms with Crippen LogP contribution in [-0.2, 0) is 4.79 Å². The average molecular weight is 426 g/mol. The minimum absolute atomic E-state index is 0.0914. The van der Waals surface area contributed by atoms with E-state index in [-0.39, 0.29) is 18.6 Å². The van der Waals surface area contributed by atoms with E-state index in [9.17, 15) is 9.90 Å². The van der Waals surface area contributed by atoms with Gasteiger partial charge in [-0.2, -0.15) is 0 Å². The van der Waals surface area contributed by atoms with Crippen molar-refractivity contribution < 1.29 is 14.6 Å². The molecule has 6 heteroatoms. The summed E-state index contributed by atoms with van der Waals surface area (Å²) >= 11 is 12.0. The quantitative estimate of drug-likeness (QED) is 0.622. The van der Waals surface area contributed by atoms with Crippen molar-refractivity contribution in [1.29, 1.82) is 0 Å². The van der Waals surface area contributed by atoms with Gasteiger partial charge in [-0.25, -0.2) is 0 Å². The van der Waals surface area contributed by atoms with E-state index < -0.39 is 0 Å². The molecule has 2 N–H and O–H groups in total. The van der Waals surface area contributed by atoms with Gasteiger partial charge in [-0.05, 0) is 86.3 Å². The predicted molar refractivity (Wildman–Crippen MR) is 111 cm³/mol. The van der Waals surface area contributed by atoms with Gasteiger partial charge in [0.15, 0.2) is 0 Å². The number of halogens is 2. The third-order valence-corrected chi connectivity index (χ3v) is 7.66. The standard InChI is InChI=1S/C22H29Cl2NO3/c23-16-4-6-20(18(24)11-16)28-7-1-2-21(27)25-19-5-3-13-8-14-10-15(9-13)22(19)17(14)12-26/h4,6,11,13-15,17,19,22,26H,1-3,5,7-10,12H2,(H,25,27). The van der Waals surface area contributed by atoms with Crippen LogP contribution in [0.4, 0.5) is 0 Å². The Labute approximate surface area is 176 Å². The second-order valence-electron chi connectivity index (χ2n) is 8.80. The van der Waals surface area contributed by atoms with Gasteiger partial charge in [-0.15, -0.1) is 0 Å². The van der Waals surface area contributed by atoms with E-state index in [0.717, 1.165) is 12.3 Å². The molecular weight excluding hydrogens is 397 g/mol. The van der Waals surface area contributed by atoms with Crippen LogP contribution in [0.2, 0.25) is 10.0 Å². The predicted octanol–water partition coefficient (Wildman–Crippen LogP) is 4.70. The smallest absolute Gasteiger partial charge is 0.220 e. The highest BCUT2D eigenvalue weighted by molar-refractivity contribution is 6.35. The molecular formula is C22H29Cl2NO3. The molecule has 1 aromatic rings. The number of fused-ring (bicyclic) bond motifs is 2. The summed E-state index contributed by atoms with van der Waals surface area (Å²) in [5.41, 5.74) is 0. The SMILES string of the molecule is O=C(CCCOc1ccc(Cl)cc1Cl)NC1CCC2CC3CC(C2)C1C3CO. The van der Waals surface area contributed by atoms with Crippen molar-refractivity contribution >= 4 is 29.1 Å². The Balaban J connectivity index is 1.26. The maximum atomic E-state index is 12.6. The molecule has 6 unspecified atom stereocenters. The highest BCUT2D eigenvalue weighted by atomic mass is 35.5. The molecule has 0 spiro atoms. The van der Waals surface area contributed by atoms with E-state index in [4.69, 9.17) is 27.9 Å². The van der Waals surface area contributed by atoms with Gasteiger partial charge in [-0.3, -0.25) is 4.79 Å². The van der Waals surface area contributed by atoms with Gasteiger partial charge in [0.2, 0.25) is 5.91 Å². The number of aliphatic hydroxyl groups excluding tert-OH is 1. The van der Waals surface area contributed by atoms with E-state index >= 15 is 0 Å². The Hall–Kier alpha value is -0.970. The van der Waals surface area contributed by atoms with Crippen molar-refractivity contribution in [2.24, 2.45) is 29.6 Å². The number of ether oxygens (including phenoxy) is 1. The molecule has 4 nitrogen and oxygen atoms in total. The molecule has 3 bridgehead atoms. The number of nitrogens with one attached hydrogen (secondary N) is 1. The fraction of sp³-hybridized carbons (Fsp3) is 0.682. The third kappa shape index (κ3) is 4.29. The number of rotatable bonds is 7. The molecule has 28 heavy (non-hydrogen) atoms. The molecule has 0 heterocycles. The molecule has 0 aliphatic heterocycles. The molecule has 1 amide bonds. The van der Waals surface area contributed by atoms with Crippen molar-refractivity contribution in [3.8, 4) is 5.75 Å². The maximum Gasteiger partial charge on any atom is 0.220 e. The first-order chi connectivity index (χ1) is 13.5. The first-order valence-electron chi connectivity index (χ1n) is 10.5. The van der Waals surface area contributed by atoms with Gasteiger partial charge in [0, 0.05) is 24.1 Å². The van der Waals surface area contributed by atoms with Crippen LogP contribution in [0, 0.1) is 29.6 Å². The monoisotopic (exact) mass is 425 g/mol. The van der Waals surface area contributed by atoms with Crippen molar-refractivity contribution in [2.75, 3.05) is 13.2 Å². The molecule has 3 aliphatic rings. The van der Waals surface area contributed by atoms with Crippen LogP contribution in [-0.4, -0.2) is 30.3 Å². The Kier molecular flexibility index (Phi) is 6.39. The highest BCUT2D eigenvalue weighted by Gasteiger charge is 2.52. The van der Waals surface area contributed by atoms with Crippen LogP contribution >= 0.6 is 23.2 Å². The zero-order chi connectivity index (χ0) is 19.7. The first-order valence-corrected chi connectivity index (χ1v) is 11.3. The number of amides is 1. The molecule has 154 valence electrons. The van der Waals surface area contributed by atoms with E-state index in [1.165, 1.54) is 25.7 Å². The van der Waals surface area contributed by atoms with Gasteiger partial charge in [0.1, 0.15) is 5.75 Å². The summed E-state index contributed by atoms with van der Waals surface area (Å²) in [4.78, 5) is 12.6. The van der Waals surface area contributed by atoms with Gasteiger partial charge in [0.05, 0.1) is 11.6 Å². The van der Waals surface area contributed by atoms with Crippen LogP contribution < -0.4 is 10.1 Å². The largest absolute Gasteiger partial charge is 0.492 e. The lowest BCUT2D eigenvalue weighted by atomic mass is 9.77. The number of hydrogen-bond acceptors (Lipinski definition) is 3. The Morgan fingerprint density at radius 3 is 2.79 bits per heavy atom. The minimum Gasteiger partial charge on any atom is -0.492 e. The molecule has 0 aromatic heterocycles. The number of carbonyl (C=O) groups excluding carboxylic acids is 1. The van der Waals surface area contributed by atoms with Crippen LogP contribution in [0.25, 0.3) is 0 Å². The van der Waals surface area contributed by atoms with Gasteiger partial charge in [-0.1, -0.05) is 23.2 Å². The minimum atomic E-state index is 0.0914. The van der Waals surface area contributed by atoms with Crippen LogP contribution in [0.1, 0.15) is 44.9 Å². The van der Waals surface area contributed by atoms with Crippen molar-refractivity contribution in [2.45, 2.75) is 51.0 Å². The van der Waals surface area contributed by atoms with E-state index in [2.05, 4.69) is 5.32 Å². The lowest BCUT2D eigenvalue weighted by molar-refractivity contribution is -0.122. The Morgan fingerprint density at radius 2 is 2.00 bits per heavy atom. The summed E-state index contributed by atoms with van der Waals surface area (Å²) in [5, 5.41) is 14.3. The highest BCUT2D eigenvalue weighted by Crippen LogP contribution is 2.56. The summed E-state index contributed by atoms with van der Waals surface area (Å²) in [7, 11) is 0. The number of carbonyl (C=O) groups is 1. The van der Waals surface area contributed by atoms with Crippen LogP contribution in [0.5, 0.6) is 5.75 Å². The average Bonchev–Trinajstić information content (AvgIpc) is 2.85. The van der Waals surface area contributed by atoms with Gasteiger partial charge in [0.25, 0.3) is 0 Å². The zero-order valence-electron chi connectivity index (χ0n) is 16.1. The Bertz CT molecular complexity index is 713. The molecule has 4 rings (SSSR count). The van der Waals surface area contributed by atoms with Crippen LogP contribution in [0.15, 0.2) is 18.2 Å². The van der Waals surface area contributed by atoms with E-state index in [1.54, 1.807) is 18.2 Å². The first kappa shape index (κ1) is 20.3. The summed E-state index contributed by atoms with van der Waals surface area (Å²) in [6.45, 7) is 0.704. The fourth-order valence-corrected chi connectivity index (χ4v) is 6.52. The molecule has 3 fully saturated rings. The summed E-state index contributed by atoms with van der Waals surface area (Å²) in [6.07, 6.45) is 7.16. The van der Waals surface area contributed by atoms with Crippen molar-refractivity contribution in [1.82, 2.24) is 5.32 Å². The summed E-state index contributed by atoms with van der Waals surface area (Å²) in [5.74, 6) is 3.65. The van der Waals surface area contributed by atoms with Crippen molar-refractivity contribution in [3.05, 3.63) is 28.2 Å². The molecule has 0 radical (unpaired) electrons. The topological polar surface area (TPSA) is 58.6 Å². The lowest BCUT2D eigenvalue weighted by Gasteiger charge is -2.33. The summed E-state index contributed by atoms with van der Waals surface area (Å²) < 4.78 is 5.67. The fourth-order valence-electron chi connectivity index (χ4n) is 6.06. The number of benzene rings is 1. The molecule has 6 atom stereocenters. The molecule has 3 saturated carbocycles. The lowest BCUT2D eigenvalue weighted by Crippen LogP contribution is -2.44. The van der Waals surface area contributed by atoms with E-state index in [0.29, 0.717) is 58.9 Å². The zero-order valence-corrected chi connectivity index (χ0v) is 17.6. The molecule has 1 aromatic carbocycles. The normalized spacial score (nSPS) is 33.5. The summed E-state index contributed by atoms with van der Waals surface area (Å²) in [6, 6.07) is 5.35. The van der Waals surface area contributed by atoms with Crippen molar-refractivity contribution in [3.63, 3.8) is 0 Å². The molecule has 3 aliphatic carbocycles. The Morgan fingerprint density at radius 1 is 1.18 bits per heavy atom. The van der Waals surface area contributed by atoms with E-state index in [1.807, 2.05) is 0 Å². The second kappa shape index (κ2) is 8.81. The van der Waals surface area contributed by atoms with Gasteiger partial charge < -0.3 is 15.2 Å². The number of aliphatic hydroxyl groups is 1.